The first-order chi connectivity index (χ1) is 7.09. The predicted octanol–water partition coefficient (Wildman–Crippen LogP) is 3.72. The maximum absolute atomic E-state index is 6.37. The molecule has 0 radical (unpaired) electrons. The van der Waals surface area contributed by atoms with E-state index in [0.717, 1.165) is 22.3 Å². The Morgan fingerprint density at radius 1 is 1.47 bits per heavy atom. The van der Waals surface area contributed by atoms with E-state index in [0.29, 0.717) is 5.92 Å². The van der Waals surface area contributed by atoms with Crippen molar-refractivity contribution in [1.82, 2.24) is 10.2 Å². The van der Waals surface area contributed by atoms with Crippen molar-refractivity contribution < 1.29 is 0 Å². The van der Waals surface area contributed by atoms with Crippen LogP contribution in [0.1, 0.15) is 25.0 Å². The van der Waals surface area contributed by atoms with Crippen LogP contribution in [-0.2, 0) is 6.42 Å². The highest BCUT2D eigenvalue weighted by atomic mass is 35.5. The average Bonchev–Trinajstić information content (AvgIpc) is 2.59. The molecule has 0 unspecified atom stereocenters. The lowest BCUT2D eigenvalue weighted by molar-refractivity contribution is 0.645. The lowest BCUT2D eigenvalue weighted by atomic mass is 9.97. The number of hydrogen-bond donors (Lipinski definition) is 1. The van der Waals surface area contributed by atoms with Crippen LogP contribution in [0, 0.1) is 12.8 Å². The number of halogens is 1. The van der Waals surface area contributed by atoms with Crippen molar-refractivity contribution in [1.29, 1.82) is 0 Å². The first kappa shape index (κ1) is 10.5. The van der Waals surface area contributed by atoms with Crippen LogP contribution in [0.3, 0.4) is 0 Å². The summed E-state index contributed by atoms with van der Waals surface area (Å²) in [7, 11) is 0. The van der Waals surface area contributed by atoms with Crippen LogP contribution in [0.15, 0.2) is 12.3 Å². The number of H-pyrrole nitrogens is 1. The van der Waals surface area contributed by atoms with E-state index in [-0.39, 0.29) is 0 Å². The van der Waals surface area contributed by atoms with E-state index in [9.17, 15) is 0 Å². The van der Waals surface area contributed by atoms with Gasteiger partial charge in [0.1, 0.15) is 0 Å². The van der Waals surface area contributed by atoms with Gasteiger partial charge in [0.05, 0.1) is 10.5 Å². The molecule has 0 atom stereocenters. The number of aromatic amines is 1. The third-order valence-electron chi connectivity index (χ3n) is 2.61. The number of rotatable bonds is 2. The molecule has 0 aliphatic rings. The molecule has 2 rings (SSSR count). The maximum atomic E-state index is 6.37. The topological polar surface area (TPSA) is 28.7 Å². The highest BCUT2D eigenvalue weighted by Crippen LogP contribution is 2.30. The summed E-state index contributed by atoms with van der Waals surface area (Å²) in [6, 6.07) is 2.09. The maximum Gasteiger partial charge on any atom is 0.0938 e. The number of nitrogens with zero attached hydrogens (tertiary/aromatic N) is 1. The number of benzene rings is 1. The monoisotopic (exact) mass is 222 g/mol. The van der Waals surface area contributed by atoms with E-state index >= 15 is 0 Å². The molecule has 0 aliphatic carbocycles. The number of aryl methyl sites for hydroxylation is 1. The van der Waals surface area contributed by atoms with Crippen molar-refractivity contribution >= 4 is 22.5 Å². The molecule has 0 amide bonds. The van der Waals surface area contributed by atoms with Gasteiger partial charge in [0.2, 0.25) is 0 Å². The third kappa shape index (κ3) is 1.86. The molecular formula is C12H15ClN2. The number of hydrogen-bond acceptors (Lipinski definition) is 1. The molecule has 80 valence electrons. The van der Waals surface area contributed by atoms with E-state index in [4.69, 9.17) is 11.6 Å². The summed E-state index contributed by atoms with van der Waals surface area (Å²) in [4.78, 5) is 0. The fourth-order valence-electron chi connectivity index (χ4n) is 1.87. The Bertz CT molecular complexity index is 486. The van der Waals surface area contributed by atoms with Crippen molar-refractivity contribution in [2.45, 2.75) is 27.2 Å². The smallest absolute Gasteiger partial charge is 0.0938 e. The van der Waals surface area contributed by atoms with Crippen LogP contribution >= 0.6 is 11.6 Å². The highest BCUT2D eigenvalue weighted by Gasteiger charge is 2.11. The summed E-state index contributed by atoms with van der Waals surface area (Å²) < 4.78 is 0. The number of fused-ring (bicyclic) bond motifs is 1. The molecule has 1 heterocycles. The molecule has 1 aromatic carbocycles. The van der Waals surface area contributed by atoms with E-state index in [1.54, 1.807) is 0 Å². The molecule has 0 aliphatic heterocycles. The Morgan fingerprint density at radius 3 is 2.87 bits per heavy atom. The van der Waals surface area contributed by atoms with Gasteiger partial charge in [-0.2, -0.15) is 5.10 Å². The van der Waals surface area contributed by atoms with Crippen LogP contribution in [0.4, 0.5) is 0 Å². The molecule has 2 nitrogen and oxygen atoms in total. The Morgan fingerprint density at radius 2 is 2.20 bits per heavy atom. The van der Waals surface area contributed by atoms with Gasteiger partial charge in [0.15, 0.2) is 0 Å². The van der Waals surface area contributed by atoms with Crippen LogP contribution in [-0.4, -0.2) is 10.2 Å². The molecule has 1 aromatic heterocycles. The standard InChI is InChI=1S/C12H15ClN2/c1-7(2)4-9-8(3)5-11-10(12(9)13)6-14-15-11/h5-7H,4H2,1-3H3,(H,14,15). The summed E-state index contributed by atoms with van der Waals surface area (Å²) >= 11 is 6.37. The average molecular weight is 223 g/mol. The zero-order valence-electron chi connectivity index (χ0n) is 9.26. The molecule has 0 saturated heterocycles. The van der Waals surface area contributed by atoms with Crippen molar-refractivity contribution in [2.75, 3.05) is 0 Å². The first-order valence-electron chi connectivity index (χ1n) is 5.21. The van der Waals surface area contributed by atoms with Crippen molar-refractivity contribution in [3.05, 3.63) is 28.4 Å². The van der Waals surface area contributed by atoms with Crippen molar-refractivity contribution in [2.24, 2.45) is 5.92 Å². The van der Waals surface area contributed by atoms with E-state index in [1.165, 1.54) is 11.1 Å². The minimum atomic E-state index is 0.616. The second kappa shape index (κ2) is 3.86. The molecule has 0 bridgehead atoms. The van der Waals surface area contributed by atoms with Crippen molar-refractivity contribution in [3.8, 4) is 0 Å². The minimum Gasteiger partial charge on any atom is -0.284 e. The molecule has 0 fully saturated rings. The van der Waals surface area contributed by atoms with Gasteiger partial charge >= 0.3 is 0 Å². The van der Waals surface area contributed by atoms with Crippen molar-refractivity contribution in [3.63, 3.8) is 0 Å². The van der Waals surface area contributed by atoms with E-state index < -0.39 is 0 Å². The summed E-state index contributed by atoms with van der Waals surface area (Å²) in [6.45, 7) is 6.50. The zero-order valence-corrected chi connectivity index (χ0v) is 10.0. The Kier molecular flexibility index (Phi) is 2.70. The summed E-state index contributed by atoms with van der Waals surface area (Å²) in [5.74, 6) is 0.616. The molecule has 0 spiro atoms. The fourth-order valence-corrected chi connectivity index (χ4v) is 2.25. The number of nitrogens with one attached hydrogen (secondary N) is 1. The van der Waals surface area contributed by atoms with Gasteiger partial charge in [-0.25, -0.2) is 0 Å². The van der Waals surface area contributed by atoms with E-state index in [1.807, 2.05) is 6.20 Å². The summed E-state index contributed by atoms with van der Waals surface area (Å²) in [5.41, 5.74) is 3.43. The van der Waals surface area contributed by atoms with Gasteiger partial charge in [-0.3, -0.25) is 5.10 Å². The normalized spacial score (nSPS) is 11.5. The lowest BCUT2D eigenvalue weighted by Crippen LogP contribution is -1.98. The lowest BCUT2D eigenvalue weighted by Gasteiger charge is -2.11. The second-order valence-electron chi connectivity index (χ2n) is 4.40. The summed E-state index contributed by atoms with van der Waals surface area (Å²) in [5, 5.41) is 8.88. The Labute approximate surface area is 94.6 Å². The van der Waals surface area contributed by atoms with E-state index in [2.05, 4.69) is 37.0 Å². The summed E-state index contributed by atoms with van der Waals surface area (Å²) in [6.07, 6.45) is 2.88. The Hall–Kier alpha value is -1.02. The number of aromatic nitrogens is 2. The molecular weight excluding hydrogens is 208 g/mol. The molecule has 0 saturated carbocycles. The van der Waals surface area contributed by atoms with Crippen LogP contribution in [0.2, 0.25) is 5.02 Å². The highest BCUT2D eigenvalue weighted by molar-refractivity contribution is 6.36. The third-order valence-corrected chi connectivity index (χ3v) is 3.04. The van der Waals surface area contributed by atoms with Crippen LogP contribution in [0.5, 0.6) is 0 Å². The van der Waals surface area contributed by atoms with Gasteiger partial charge in [-0.15, -0.1) is 0 Å². The Balaban J connectivity index is 2.61. The predicted molar refractivity (Wildman–Crippen MR) is 64.4 cm³/mol. The molecule has 2 aromatic rings. The van der Waals surface area contributed by atoms with Gasteiger partial charge in [-0.05, 0) is 36.5 Å². The molecule has 1 N–H and O–H groups in total. The van der Waals surface area contributed by atoms with Gasteiger partial charge in [0.25, 0.3) is 0 Å². The molecule has 3 heteroatoms. The fraction of sp³-hybridized carbons (Fsp3) is 0.417. The molecule has 15 heavy (non-hydrogen) atoms. The van der Waals surface area contributed by atoms with Gasteiger partial charge in [0, 0.05) is 11.6 Å². The largest absolute Gasteiger partial charge is 0.284 e. The van der Waals surface area contributed by atoms with Crippen LogP contribution < -0.4 is 0 Å². The SMILES string of the molecule is Cc1cc2n[nH]cc2c(Cl)c1CC(C)C. The zero-order chi connectivity index (χ0) is 11.0. The first-order valence-corrected chi connectivity index (χ1v) is 5.59. The van der Waals surface area contributed by atoms with Gasteiger partial charge < -0.3 is 0 Å². The minimum absolute atomic E-state index is 0.616. The second-order valence-corrected chi connectivity index (χ2v) is 4.78. The van der Waals surface area contributed by atoms with Crippen LogP contribution in [0.25, 0.3) is 10.9 Å². The van der Waals surface area contributed by atoms with Gasteiger partial charge in [-0.1, -0.05) is 25.4 Å². The quantitative estimate of drug-likeness (QED) is 0.824.